The molecule has 0 aliphatic heterocycles. The van der Waals surface area contributed by atoms with Crippen LogP contribution in [-0.2, 0) is 9.84 Å². The third-order valence-electron chi connectivity index (χ3n) is 1.68. The number of nitrogens with zero attached hydrogens (tertiary/aromatic N) is 1. The van der Waals surface area contributed by atoms with E-state index in [9.17, 15) is 31.7 Å². The average Bonchev–Trinajstić information content (AvgIpc) is 2.16. The summed E-state index contributed by atoms with van der Waals surface area (Å²) >= 11 is 0. The first-order valence-electron chi connectivity index (χ1n) is 3.73. The molecule has 0 atom stereocenters. The maximum atomic E-state index is 12.9. The zero-order valence-corrected chi connectivity index (χ0v) is 8.25. The summed E-state index contributed by atoms with van der Waals surface area (Å²) < 4.78 is 58.8. The topological polar surface area (TPSA) is 77.3 Å². The molecule has 0 aromatic heterocycles. The van der Waals surface area contributed by atoms with E-state index in [0.717, 1.165) is 0 Å². The van der Waals surface area contributed by atoms with Crippen molar-refractivity contribution in [2.45, 2.75) is 10.7 Å². The van der Waals surface area contributed by atoms with Crippen LogP contribution < -0.4 is 0 Å². The summed E-state index contributed by atoms with van der Waals surface area (Å²) in [5, 5.41) is 10.2. The summed E-state index contributed by atoms with van der Waals surface area (Å²) in [6.07, 6.45) is 0. The van der Waals surface area contributed by atoms with E-state index in [-0.39, 0.29) is 6.07 Å². The lowest BCUT2D eigenvalue weighted by atomic mass is 10.3. The van der Waals surface area contributed by atoms with E-state index in [4.69, 9.17) is 0 Å². The van der Waals surface area contributed by atoms with Crippen molar-refractivity contribution in [1.29, 1.82) is 0 Å². The maximum Gasteiger partial charge on any atom is 0.341 e. The van der Waals surface area contributed by atoms with Gasteiger partial charge in [0.15, 0.2) is 0 Å². The Hall–Kier alpha value is -1.64. The number of sulfone groups is 1. The molecule has 0 aliphatic rings. The minimum atomic E-state index is -4.94. The van der Waals surface area contributed by atoms with Crippen molar-refractivity contribution in [2.24, 2.45) is 0 Å². The van der Waals surface area contributed by atoms with E-state index in [2.05, 4.69) is 0 Å². The Morgan fingerprint density at radius 1 is 1.31 bits per heavy atom. The molecule has 0 radical (unpaired) electrons. The van der Waals surface area contributed by atoms with Crippen molar-refractivity contribution >= 4 is 15.5 Å². The molecule has 16 heavy (non-hydrogen) atoms. The lowest BCUT2D eigenvalue weighted by Crippen LogP contribution is -2.11. The molecule has 0 fully saturated rings. The number of halogens is 3. The second-order valence-corrected chi connectivity index (χ2v) is 4.59. The molecule has 0 bridgehead atoms. The first-order chi connectivity index (χ1) is 7.26. The number of nitro benzene ring substituents is 1. The van der Waals surface area contributed by atoms with Crippen molar-refractivity contribution in [3.63, 3.8) is 0 Å². The summed E-state index contributed by atoms with van der Waals surface area (Å²) in [7, 11) is -4.94. The second-order valence-electron chi connectivity index (χ2n) is 2.68. The largest absolute Gasteiger partial charge is 0.341 e. The van der Waals surface area contributed by atoms with Gasteiger partial charge >= 0.3 is 11.4 Å². The molecule has 0 saturated heterocycles. The van der Waals surface area contributed by atoms with Crippen LogP contribution in [0.1, 0.15) is 0 Å². The SMILES string of the molecule is O=[N+]([O-])c1ccc(S(=O)(=O)C(F)F)cc1F. The predicted molar refractivity (Wildman–Crippen MR) is 46.2 cm³/mol. The van der Waals surface area contributed by atoms with Gasteiger partial charge in [-0.15, -0.1) is 0 Å². The first-order valence-corrected chi connectivity index (χ1v) is 5.27. The standard InChI is InChI=1S/C7H4F3NO4S/c8-5-3-4(16(14,15)7(9)10)1-2-6(5)11(12)13/h1-3,7H. The fourth-order valence-corrected chi connectivity index (χ4v) is 1.65. The molecule has 9 heteroatoms. The Morgan fingerprint density at radius 3 is 2.25 bits per heavy atom. The van der Waals surface area contributed by atoms with Gasteiger partial charge < -0.3 is 0 Å². The number of hydrogen-bond donors (Lipinski definition) is 0. The van der Waals surface area contributed by atoms with Crippen LogP contribution in [0.2, 0.25) is 0 Å². The molecule has 5 nitrogen and oxygen atoms in total. The van der Waals surface area contributed by atoms with Gasteiger partial charge in [-0.2, -0.15) is 13.2 Å². The van der Waals surface area contributed by atoms with Crippen LogP contribution in [0.15, 0.2) is 23.1 Å². The van der Waals surface area contributed by atoms with Crippen LogP contribution >= 0.6 is 0 Å². The van der Waals surface area contributed by atoms with Gasteiger partial charge in [0.25, 0.3) is 0 Å². The van der Waals surface area contributed by atoms with E-state index < -0.39 is 36.9 Å². The molecule has 88 valence electrons. The van der Waals surface area contributed by atoms with E-state index in [1.807, 2.05) is 0 Å². The highest BCUT2D eigenvalue weighted by atomic mass is 32.2. The number of nitro groups is 1. The summed E-state index contributed by atoms with van der Waals surface area (Å²) in [4.78, 5) is 8.10. The molecule has 0 saturated carbocycles. The van der Waals surface area contributed by atoms with Crippen molar-refractivity contribution in [2.75, 3.05) is 0 Å². The number of benzene rings is 1. The molecule has 1 aromatic carbocycles. The average molecular weight is 255 g/mol. The van der Waals surface area contributed by atoms with Crippen LogP contribution in [-0.4, -0.2) is 19.1 Å². The van der Waals surface area contributed by atoms with Crippen LogP contribution in [0.25, 0.3) is 0 Å². The zero-order valence-electron chi connectivity index (χ0n) is 7.43. The van der Waals surface area contributed by atoms with E-state index in [0.29, 0.717) is 12.1 Å². The number of hydrogen-bond acceptors (Lipinski definition) is 4. The van der Waals surface area contributed by atoms with Crippen LogP contribution in [0.3, 0.4) is 0 Å². The summed E-state index contributed by atoms with van der Waals surface area (Å²) in [6, 6.07) is 1.27. The fraction of sp³-hybridized carbons (Fsp3) is 0.143. The minimum Gasteiger partial charge on any atom is -0.258 e. The summed E-state index contributed by atoms with van der Waals surface area (Å²) in [5.41, 5.74) is -0.979. The monoisotopic (exact) mass is 255 g/mol. The highest BCUT2D eigenvalue weighted by molar-refractivity contribution is 7.91. The van der Waals surface area contributed by atoms with E-state index in [1.165, 1.54) is 0 Å². The molecule has 0 unspecified atom stereocenters. The van der Waals surface area contributed by atoms with Gasteiger partial charge in [-0.25, -0.2) is 8.42 Å². The Bertz CT molecular complexity index is 528. The lowest BCUT2D eigenvalue weighted by Gasteiger charge is -2.02. The Morgan fingerprint density at radius 2 is 1.88 bits per heavy atom. The molecule has 0 N–H and O–H groups in total. The third kappa shape index (κ3) is 2.13. The molecule has 0 amide bonds. The Kier molecular flexibility index (Phi) is 3.17. The molecule has 1 rings (SSSR count). The minimum absolute atomic E-state index is 0.194. The van der Waals surface area contributed by atoms with Gasteiger partial charge in [0.2, 0.25) is 15.7 Å². The quantitative estimate of drug-likeness (QED) is 0.608. The van der Waals surface area contributed by atoms with E-state index >= 15 is 0 Å². The van der Waals surface area contributed by atoms with Crippen molar-refractivity contribution < 1.29 is 26.5 Å². The van der Waals surface area contributed by atoms with Crippen LogP contribution in [0, 0.1) is 15.9 Å². The molecular formula is C7H4F3NO4S. The molecule has 0 heterocycles. The highest BCUT2D eigenvalue weighted by Gasteiger charge is 2.28. The maximum absolute atomic E-state index is 12.9. The van der Waals surface area contributed by atoms with E-state index in [1.54, 1.807) is 0 Å². The number of rotatable bonds is 3. The Labute approximate surface area is 87.6 Å². The zero-order chi connectivity index (χ0) is 12.5. The number of alkyl halides is 2. The normalized spacial score (nSPS) is 11.8. The second kappa shape index (κ2) is 4.08. The lowest BCUT2D eigenvalue weighted by molar-refractivity contribution is -0.387. The first kappa shape index (κ1) is 12.4. The Balaban J connectivity index is 3.32. The fourth-order valence-electron chi connectivity index (χ4n) is 0.916. The highest BCUT2D eigenvalue weighted by Crippen LogP contribution is 2.24. The molecule has 1 aromatic rings. The van der Waals surface area contributed by atoms with Crippen LogP contribution in [0.4, 0.5) is 18.9 Å². The molecule has 0 spiro atoms. The van der Waals surface area contributed by atoms with Gasteiger partial charge in [0.1, 0.15) is 0 Å². The van der Waals surface area contributed by atoms with Crippen molar-refractivity contribution in [1.82, 2.24) is 0 Å². The smallest absolute Gasteiger partial charge is 0.258 e. The summed E-state index contributed by atoms with van der Waals surface area (Å²) in [5.74, 6) is -5.18. The van der Waals surface area contributed by atoms with Crippen LogP contribution in [0.5, 0.6) is 0 Å². The van der Waals surface area contributed by atoms with Gasteiger partial charge in [0.05, 0.1) is 9.82 Å². The molecule has 0 aliphatic carbocycles. The van der Waals surface area contributed by atoms with Gasteiger partial charge in [-0.05, 0) is 12.1 Å². The molecular weight excluding hydrogens is 251 g/mol. The summed E-state index contributed by atoms with van der Waals surface area (Å²) in [6.45, 7) is 0. The third-order valence-corrected chi connectivity index (χ3v) is 3.06. The van der Waals surface area contributed by atoms with Crippen molar-refractivity contribution in [3.05, 3.63) is 34.1 Å². The van der Waals surface area contributed by atoms with Gasteiger partial charge in [-0.3, -0.25) is 10.1 Å². The predicted octanol–water partition coefficient (Wildman–Crippen LogP) is 1.73. The van der Waals surface area contributed by atoms with Gasteiger partial charge in [0, 0.05) is 6.07 Å². The van der Waals surface area contributed by atoms with Gasteiger partial charge in [-0.1, -0.05) is 0 Å². The van der Waals surface area contributed by atoms with Crippen molar-refractivity contribution in [3.8, 4) is 0 Å².